The van der Waals surface area contributed by atoms with Gasteiger partial charge in [-0.25, -0.2) is 4.79 Å². The van der Waals surface area contributed by atoms with Crippen LogP contribution in [0.1, 0.15) is 39.5 Å². The average Bonchev–Trinajstić information content (AvgIpc) is 2.25. The van der Waals surface area contributed by atoms with Gasteiger partial charge >= 0.3 is 6.09 Å². The smallest absolute Gasteiger partial charge is 0.407 e. The highest BCUT2D eigenvalue weighted by molar-refractivity contribution is 6.76. The van der Waals surface area contributed by atoms with E-state index < -0.39 is 8.07 Å². The van der Waals surface area contributed by atoms with Gasteiger partial charge in [0.05, 0.1) is 12.7 Å². The second-order valence-corrected chi connectivity index (χ2v) is 13.0. The van der Waals surface area contributed by atoms with Crippen LogP contribution in [-0.2, 0) is 9.47 Å². The number of unbranched alkanes of at least 4 members (excludes halogenated alkanes) is 1. The van der Waals surface area contributed by atoms with Gasteiger partial charge < -0.3 is 14.8 Å². The first-order valence-corrected chi connectivity index (χ1v) is 11.5. The van der Waals surface area contributed by atoms with Crippen LogP contribution in [0.5, 0.6) is 0 Å². The first-order chi connectivity index (χ1) is 9.24. The number of ether oxygens (including phenoxy) is 2. The van der Waals surface area contributed by atoms with Crippen LogP contribution in [0, 0.1) is 0 Å². The average molecular weight is 302 g/mol. The summed E-state index contributed by atoms with van der Waals surface area (Å²) in [6.45, 7) is 12.4. The number of hydrogen-bond donors (Lipinski definition) is 1. The highest BCUT2D eigenvalue weighted by Gasteiger charge is 2.42. The first kappa shape index (κ1) is 17.5. The molecular weight excluding hydrogens is 270 g/mol. The number of carbonyl (C=O) groups is 1. The summed E-state index contributed by atoms with van der Waals surface area (Å²) in [4.78, 5) is 11.7. The minimum Gasteiger partial charge on any atom is -0.450 e. The molecule has 0 radical (unpaired) electrons. The van der Waals surface area contributed by atoms with Crippen LogP contribution in [0.4, 0.5) is 4.79 Å². The highest BCUT2D eigenvalue weighted by atomic mass is 28.3. The second-order valence-electron chi connectivity index (χ2n) is 7.39. The Bertz CT molecular complexity index is 309. The number of amides is 1. The molecule has 1 N–H and O–H groups in total. The maximum atomic E-state index is 11.7. The molecule has 1 fully saturated rings. The Balaban J connectivity index is 2.14. The summed E-state index contributed by atoms with van der Waals surface area (Å²) >= 11 is 0. The fourth-order valence-electron chi connectivity index (χ4n) is 2.29. The Morgan fingerprint density at radius 3 is 2.50 bits per heavy atom. The molecule has 5 heteroatoms. The van der Waals surface area contributed by atoms with E-state index in [1.54, 1.807) is 0 Å². The Labute approximate surface area is 124 Å². The zero-order chi connectivity index (χ0) is 15.2. The Morgan fingerprint density at radius 2 is 1.95 bits per heavy atom. The lowest BCUT2D eigenvalue weighted by Gasteiger charge is -2.44. The molecule has 0 aromatic heterocycles. The predicted molar refractivity (Wildman–Crippen MR) is 84.9 cm³/mol. The third-order valence-corrected chi connectivity index (χ3v) is 5.40. The Hall–Kier alpha value is -0.553. The molecule has 0 spiro atoms. The number of alkyl carbamates (subject to hydrolysis) is 1. The van der Waals surface area contributed by atoms with E-state index in [1.807, 2.05) is 0 Å². The van der Waals surface area contributed by atoms with E-state index in [9.17, 15) is 4.79 Å². The van der Waals surface area contributed by atoms with Gasteiger partial charge in [-0.3, -0.25) is 0 Å². The lowest BCUT2D eigenvalue weighted by molar-refractivity contribution is -0.0486. The number of carbonyl (C=O) groups excluding carboxylic acids is 1. The highest BCUT2D eigenvalue weighted by Crippen LogP contribution is 2.34. The Morgan fingerprint density at radius 1 is 1.30 bits per heavy atom. The molecule has 0 bridgehead atoms. The van der Waals surface area contributed by atoms with Crippen molar-refractivity contribution in [3.05, 3.63) is 0 Å². The summed E-state index contributed by atoms with van der Waals surface area (Å²) in [6, 6.07) is 1.01. The number of rotatable bonds is 8. The summed E-state index contributed by atoms with van der Waals surface area (Å²) in [6.07, 6.45) is 4.07. The van der Waals surface area contributed by atoms with Crippen LogP contribution >= 0.6 is 0 Å². The molecular formula is C15H31NO3Si. The molecule has 1 aliphatic rings. The van der Waals surface area contributed by atoms with Crippen LogP contribution in [0.25, 0.3) is 0 Å². The van der Waals surface area contributed by atoms with E-state index >= 15 is 0 Å². The molecule has 0 aromatic rings. The predicted octanol–water partition coefficient (Wildman–Crippen LogP) is 3.79. The monoisotopic (exact) mass is 301 g/mol. The summed E-state index contributed by atoms with van der Waals surface area (Å²) in [5.41, 5.74) is -0.146. The van der Waals surface area contributed by atoms with Gasteiger partial charge in [-0.2, -0.15) is 0 Å². The molecule has 1 rings (SSSR count). The second kappa shape index (κ2) is 7.45. The fourth-order valence-corrected chi connectivity index (χ4v) is 3.01. The van der Waals surface area contributed by atoms with Crippen molar-refractivity contribution in [2.45, 2.75) is 76.9 Å². The standard InChI is InChI=1S/C15H31NO3Si/c1-6-7-8-18-13-11-15(2,12-13)16-14(17)19-9-10-20(3,4)5/h13H,6-12H2,1-5H3,(H,16,17). The molecule has 0 heterocycles. The third kappa shape index (κ3) is 6.75. The fraction of sp³-hybridized carbons (Fsp3) is 0.933. The summed E-state index contributed by atoms with van der Waals surface area (Å²) in [5.74, 6) is 0. The first-order valence-electron chi connectivity index (χ1n) is 7.81. The Kier molecular flexibility index (Phi) is 6.52. The topological polar surface area (TPSA) is 47.6 Å². The molecule has 1 aliphatic carbocycles. The van der Waals surface area contributed by atoms with Gasteiger partial charge in [-0.1, -0.05) is 33.0 Å². The van der Waals surface area contributed by atoms with E-state index in [1.165, 1.54) is 0 Å². The van der Waals surface area contributed by atoms with Crippen molar-refractivity contribution in [3.63, 3.8) is 0 Å². The van der Waals surface area contributed by atoms with Gasteiger partial charge in [0.1, 0.15) is 0 Å². The van der Waals surface area contributed by atoms with E-state index in [4.69, 9.17) is 9.47 Å². The van der Waals surface area contributed by atoms with Crippen LogP contribution < -0.4 is 5.32 Å². The summed E-state index contributed by atoms with van der Waals surface area (Å²) in [7, 11) is -1.13. The van der Waals surface area contributed by atoms with Crippen molar-refractivity contribution in [3.8, 4) is 0 Å². The minimum absolute atomic E-state index is 0.146. The van der Waals surface area contributed by atoms with Gasteiger partial charge in [-0.15, -0.1) is 0 Å². The molecule has 1 saturated carbocycles. The van der Waals surface area contributed by atoms with Crippen molar-refractivity contribution >= 4 is 14.2 Å². The zero-order valence-corrected chi connectivity index (χ0v) is 14.8. The molecule has 1 amide bonds. The van der Waals surface area contributed by atoms with Crippen LogP contribution in [0.3, 0.4) is 0 Å². The third-order valence-electron chi connectivity index (χ3n) is 3.70. The van der Waals surface area contributed by atoms with Gasteiger partial charge in [0, 0.05) is 20.2 Å². The number of nitrogens with one attached hydrogen (secondary N) is 1. The maximum absolute atomic E-state index is 11.7. The van der Waals surface area contributed by atoms with Crippen molar-refractivity contribution < 1.29 is 14.3 Å². The van der Waals surface area contributed by atoms with E-state index in [2.05, 4.69) is 38.8 Å². The van der Waals surface area contributed by atoms with E-state index in [0.717, 1.165) is 38.3 Å². The number of hydrogen-bond acceptors (Lipinski definition) is 3. The molecule has 20 heavy (non-hydrogen) atoms. The van der Waals surface area contributed by atoms with Gasteiger partial charge in [0.15, 0.2) is 0 Å². The van der Waals surface area contributed by atoms with E-state index in [-0.39, 0.29) is 11.6 Å². The van der Waals surface area contributed by atoms with Crippen molar-refractivity contribution in [1.29, 1.82) is 0 Å². The summed E-state index contributed by atoms with van der Waals surface area (Å²) in [5, 5.41) is 2.97. The molecule has 118 valence electrons. The van der Waals surface area contributed by atoms with Gasteiger partial charge in [0.2, 0.25) is 0 Å². The van der Waals surface area contributed by atoms with Crippen molar-refractivity contribution in [1.82, 2.24) is 5.32 Å². The lowest BCUT2D eigenvalue weighted by Crippen LogP contribution is -2.58. The van der Waals surface area contributed by atoms with E-state index in [0.29, 0.717) is 12.7 Å². The minimum atomic E-state index is -1.13. The molecule has 4 nitrogen and oxygen atoms in total. The molecule has 0 aromatic carbocycles. The van der Waals surface area contributed by atoms with Crippen LogP contribution in [-0.4, -0.2) is 39.0 Å². The molecule has 0 atom stereocenters. The molecule has 0 unspecified atom stereocenters. The normalized spacial score (nSPS) is 25.9. The van der Waals surface area contributed by atoms with Crippen LogP contribution in [0.15, 0.2) is 0 Å². The van der Waals surface area contributed by atoms with Gasteiger partial charge in [0.25, 0.3) is 0 Å². The lowest BCUT2D eigenvalue weighted by atomic mass is 9.76. The largest absolute Gasteiger partial charge is 0.450 e. The molecule has 0 aliphatic heterocycles. The van der Waals surface area contributed by atoms with Crippen LogP contribution in [0.2, 0.25) is 25.7 Å². The van der Waals surface area contributed by atoms with Gasteiger partial charge in [-0.05, 0) is 32.2 Å². The van der Waals surface area contributed by atoms with Crippen molar-refractivity contribution in [2.75, 3.05) is 13.2 Å². The molecule has 0 saturated heterocycles. The quantitative estimate of drug-likeness (QED) is 0.548. The maximum Gasteiger partial charge on any atom is 0.407 e. The SMILES string of the molecule is CCCCOC1CC(C)(NC(=O)OCC[Si](C)(C)C)C1. The summed E-state index contributed by atoms with van der Waals surface area (Å²) < 4.78 is 11.0. The van der Waals surface area contributed by atoms with Crippen molar-refractivity contribution in [2.24, 2.45) is 0 Å². The zero-order valence-electron chi connectivity index (χ0n) is 13.8.